The van der Waals surface area contributed by atoms with Gasteiger partial charge in [-0.05, 0) is 18.1 Å². The predicted octanol–water partition coefficient (Wildman–Crippen LogP) is 1.67. The van der Waals surface area contributed by atoms with Crippen LogP contribution in [-0.2, 0) is 16.1 Å². The molecule has 0 heterocycles. The molecule has 1 N–H and O–H groups in total. The number of carbonyl (C=O) groups is 1. The highest BCUT2D eigenvalue weighted by atomic mass is 16.5. The smallest absolute Gasteiger partial charge is 0.339 e. The molecular formula is C12H14O3. The minimum absolute atomic E-state index is 0.171. The van der Waals surface area contributed by atoms with Crippen LogP contribution in [0.1, 0.15) is 12.5 Å². The Morgan fingerprint density at radius 3 is 2.60 bits per heavy atom. The number of hydrogen-bond acceptors (Lipinski definition) is 3. The van der Waals surface area contributed by atoms with Gasteiger partial charge in [-0.1, -0.05) is 36.9 Å². The largest absolute Gasteiger partial charge is 0.459 e. The lowest BCUT2D eigenvalue weighted by Crippen LogP contribution is -2.23. The molecule has 1 aromatic rings. The molecule has 0 aliphatic rings. The second kappa shape index (κ2) is 5.32. The van der Waals surface area contributed by atoms with Crippen molar-refractivity contribution in [2.75, 3.05) is 0 Å². The van der Waals surface area contributed by atoms with Crippen molar-refractivity contribution in [1.82, 2.24) is 0 Å². The molecule has 1 atom stereocenters. The van der Waals surface area contributed by atoms with Gasteiger partial charge in [0.05, 0.1) is 0 Å². The normalized spacial score (nSPS) is 11.9. The summed E-state index contributed by atoms with van der Waals surface area (Å²) in [6.07, 6.45) is -1.23. The van der Waals surface area contributed by atoms with Gasteiger partial charge in [-0.3, -0.25) is 0 Å². The van der Waals surface area contributed by atoms with Crippen LogP contribution in [0.25, 0.3) is 0 Å². The van der Waals surface area contributed by atoms with Crippen LogP contribution >= 0.6 is 0 Å². The second-order valence-electron chi connectivity index (χ2n) is 3.34. The Bertz CT molecular complexity index is 343. The highest BCUT2D eigenvalue weighted by molar-refractivity contribution is 5.77. The van der Waals surface area contributed by atoms with Crippen molar-refractivity contribution < 1.29 is 14.6 Å². The first kappa shape index (κ1) is 11.5. The van der Waals surface area contributed by atoms with E-state index in [0.29, 0.717) is 5.57 Å². The number of hydrogen-bond donors (Lipinski definition) is 1. The van der Waals surface area contributed by atoms with Gasteiger partial charge in [0, 0.05) is 0 Å². The summed E-state index contributed by atoms with van der Waals surface area (Å²) in [7, 11) is 0. The molecule has 0 radical (unpaired) electrons. The molecule has 3 heteroatoms. The maximum Gasteiger partial charge on any atom is 0.339 e. The van der Waals surface area contributed by atoms with E-state index in [4.69, 9.17) is 4.74 Å². The van der Waals surface area contributed by atoms with E-state index in [1.54, 1.807) is 6.92 Å². The van der Waals surface area contributed by atoms with Crippen LogP contribution in [0.2, 0.25) is 0 Å². The quantitative estimate of drug-likeness (QED) is 0.602. The van der Waals surface area contributed by atoms with Gasteiger partial charge in [-0.25, -0.2) is 4.79 Å². The third kappa shape index (κ3) is 3.56. The van der Waals surface area contributed by atoms with Gasteiger partial charge in [0.15, 0.2) is 6.10 Å². The average Bonchev–Trinajstić information content (AvgIpc) is 2.26. The number of benzene rings is 1. The molecule has 0 aliphatic carbocycles. The molecular weight excluding hydrogens is 192 g/mol. The van der Waals surface area contributed by atoms with Crippen molar-refractivity contribution >= 4 is 5.97 Å². The maximum atomic E-state index is 11.2. The summed E-state index contributed by atoms with van der Waals surface area (Å²) in [6.45, 7) is 5.23. The van der Waals surface area contributed by atoms with Crippen molar-refractivity contribution in [1.29, 1.82) is 0 Å². The first-order chi connectivity index (χ1) is 7.11. The molecule has 0 saturated heterocycles. The Hall–Kier alpha value is -1.61. The molecule has 1 unspecified atom stereocenters. The summed E-state index contributed by atoms with van der Waals surface area (Å²) in [5, 5.41) is 9.30. The van der Waals surface area contributed by atoms with Crippen molar-refractivity contribution in [3.05, 3.63) is 48.0 Å². The monoisotopic (exact) mass is 206 g/mol. The maximum absolute atomic E-state index is 11.2. The zero-order valence-electron chi connectivity index (χ0n) is 8.64. The van der Waals surface area contributed by atoms with E-state index >= 15 is 0 Å². The minimum atomic E-state index is -1.23. The Labute approximate surface area is 89.0 Å². The molecule has 0 fully saturated rings. The molecule has 1 rings (SSSR count). The van der Waals surface area contributed by atoms with Gasteiger partial charge in [-0.15, -0.1) is 0 Å². The third-order valence-electron chi connectivity index (χ3n) is 1.91. The van der Waals surface area contributed by atoms with E-state index in [9.17, 15) is 9.90 Å². The Morgan fingerprint density at radius 1 is 1.47 bits per heavy atom. The summed E-state index contributed by atoms with van der Waals surface area (Å²) < 4.78 is 4.90. The molecule has 3 nitrogen and oxygen atoms in total. The first-order valence-corrected chi connectivity index (χ1v) is 4.65. The van der Waals surface area contributed by atoms with Crippen LogP contribution in [0.5, 0.6) is 0 Å². The SMILES string of the molecule is C=C(C)C(O)C(=O)OCc1ccccc1. The van der Waals surface area contributed by atoms with E-state index in [2.05, 4.69) is 6.58 Å². The fourth-order valence-electron chi connectivity index (χ4n) is 1.01. The topological polar surface area (TPSA) is 46.5 Å². The highest BCUT2D eigenvalue weighted by Gasteiger charge is 2.16. The van der Waals surface area contributed by atoms with Crippen LogP contribution in [0, 0.1) is 0 Å². The Kier molecular flexibility index (Phi) is 4.06. The second-order valence-corrected chi connectivity index (χ2v) is 3.34. The molecule has 0 amide bonds. The van der Waals surface area contributed by atoms with Crippen LogP contribution < -0.4 is 0 Å². The molecule has 1 aromatic carbocycles. The lowest BCUT2D eigenvalue weighted by Gasteiger charge is -2.09. The fourth-order valence-corrected chi connectivity index (χ4v) is 1.01. The minimum Gasteiger partial charge on any atom is -0.459 e. The van der Waals surface area contributed by atoms with Crippen LogP contribution in [-0.4, -0.2) is 17.2 Å². The lowest BCUT2D eigenvalue weighted by molar-refractivity contribution is -0.152. The molecule has 80 valence electrons. The number of aliphatic hydroxyl groups is 1. The van der Waals surface area contributed by atoms with Crippen molar-refractivity contribution in [2.45, 2.75) is 19.6 Å². The van der Waals surface area contributed by atoms with Crippen LogP contribution in [0.4, 0.5) is 0 Å². The summed E-state index contributed by atoms with van der Waals surface area (Å²) in [5.41, 5.74) is 1.27. The van der Waals surface area contributed by atoms with Crippen molar-refractivity contribution in [3.8, 4) is 0 Å². The van der Waals surface area contributed by atoms with Gasteiger partial charge in [0.2, 0.25) is 0 Å². The Morgan fingerprint density at radius 2 is 2.07 bits per heavy atom. The van der Waals surface area contributed by atoms with E-state index in [0.717, 1.165) is 5.56 Å². The molecule has 0 aliphatic heterocycles. The number of ether oxygens (including phenoxy) is 1. The van der Waals surface area contributed by atoms with E-state index in [-0.39, 0.29) is 6.61 Å². The van der Waals surface area contributed by atoms with Gasteiger partial charge in [0.1, 0.15) is 6.61 Å². The molecule has 0 aromatic heterocycles. The van der Waals surface area contributed by atoms with E-state index < -0.39 is 12.1 Å². The van der Waals surface area contributed by atoms with E-state index in [1.165, 1.54) is 0 Å². The standard InChI is InChI=1S/C12H14O3/c1-9(2)11(13)12(14)15-8-10-6-4-3-5-7-10/h3-7,11,13H,1,8H2,2H3. The summed E-state index contributed by atoms with van der Waals surface area (Å²) >= 11 is 0. The molecule has 0 saturated carbocycles. The van der Waals surface area contributed by atoms with Crippen LogP contribution in [0.3, 0.4) is 0 Å². The van der Waals surface area contributed by atoms with Gasteiger partial charge in [0.25, 0.3) is 0 Å². The van der Waals surface area contributed by atoms with Crippen molar-refractivity contribution in [3.63, 3.8) is 0 Å². The van der Waals surface area contributed by atoms with Crippen LogP contribution in [0.15, 0.2) is 42.5 Å². The number of rotatable bonds is 4. The first-order valence-electron chi connectivity index (χ1n) is 4.65. The number of esters is 1. The Balaban J connectivity index is 2.44. The fraction of sp³-hybridized carbons (Fsp3) is 0.250. The lowest BCUT2D eigenvalue weighted by atomic mass is 10.2. The highest BCUT2D eigenvalue weighted by Crippen LogP contribution is 2.04. The molecule has 0 bridgehead atoms. The molecule has 0 spiro atoms. The summed E-state index contributed by atoms with van der Waals surface area (Å²) in [6, 6.07) is 9.30. The van der Waals surface area contributed by atoms with Gasteiger partial charge >= 0.3 is 5.97 Å². The van der Waals surface area contributed by atoms with Crippen molar-refractivity contribution in [2.24, 2.45) is 0 Å². The van der Waals surface area contributed by atoms with Gasteiger partial charge < -0.3 is 9.84 Å². The van der Waals surface area contributed by atoms with E-state index in [1.807, 2.05) is 30.3 Å². The average molecular weight is 206 g/mol. The predicted molar refractivity (Wildman–Crippen MR) is 57.1 cm³/mol. The number of carbonyl (C=O) groups excluding carboxylic acids is 1. The number of aliphatic hydroxyl groups excluding tert-OH is 1. The zero-order chi connectivity index (χ0) is 11.3. The summed E-state index contributed by atoms with van der Waals surface area (Å²) in [4.78, 5) is 11.2. The van der Waals surface area contributed by atoms with Gasteiger partial charge in [-0.2, -0.15) is 0 Å². The molecule has 15 heavy (non-hydrogen) atoms. The summed E-state index contributed by atoms with van der Waals surface area (Å²) in [5.74, 6) is -0.661. The third-order valence-corrected chi connectivity index (χ3v) is 1.91. The zero-order valence-corrected chi connectivity index (χ0v) is 8.64.